The molecule has 4 heterocycles. The van der Waals surface area contributed by atoms with Crippen molar-refractivity contribution in [2.75, 3.05) is 5.75 Å². The first-order valence-electron chi connectivity index (χ1n) is 7.07. The van der Waals surface area contributed by atoms with E-state index >= 15 is 0 Å². The lowest BCUT2D eigenvalue weighted by molar-refractivity contribution is 0.101. The predicted molar refractivity (Wildman–Crippen MR) is 99.4 cm³/mol. The van der Waals surface area contributed by atoms with Gasteiger partial charge < -0.3 is 9.97 Å². The van der Waals surface area contributed by atoms with E-state index in [1.807, 2.05) is 22.9 Å². The van der Waals surface area contributed by atoms with Gasteiger partial charge in [-0.3, -0.25) is 9.59 Å². The fourth-order valence-corrected chi connectivity index (χ4v) is 4.89. The fourth-order valence-electron chi connectivity index (χ4n) is 2.33. The van der Waals surface area contributed by atoms with Crippen molar-refractivity contribution in [1.82, 2.24) is 15.0 Å². The predicted octanol–water partition coefficient (Wildman–Crippen LogP) is 4.02. The fraction of sp³-hybridized carbons (Fsp3) is 0.0625. The highest BCUT2D eigenvalue weighted by Crippen LogP contribution is 2.34. The summed E-state index contributed by atoms with van der Waals surface area (Å²) in [5.41, 5.74) is 1.30. The molecule has 0 bridgehead atoms. The van der Waals surface area contributed by atoms with Crippen molar-refractivity contribution in [2.24, 2.45) is 0 Å². The van der Waals surface area contributed by atoms with E-state index in [2.05, 4.69) is 15.0 Å². The highest BCUT2D eigenvalue weighted by Gasteiger charge is 2.15. The number of carbonyl (C=O) groups is 1. The van der Waals surface area contributed by atoms with Crippen molar-refractivity contribution in [1.29, 1.82) is 0 Å². The van der Waals surface area contributed by atoms with Crippen LogP contribution < -0.4 is 5.56 Å². The molecule has 0 fully saturated rings. The minimum Gasteiger partial charge on any atom is -0.359 e. The van der Waals surface area contributed by atoms with Crippen LogP contribution in [-0.2, 0) is 0 Å². The Kier molecular flexibility index (Phi) is 4.09. The van der Waals surface area contributed by atoms with E-state index in [1.165, 1.54) is 23.1 Å². The van der Waals surface area contributed by atoms with E-state index in [1.54, 1.807) is 29.7 Å². The Hall–Kier alpha value is -2.16. The molecule has 0 aromatic carbocycles. The van der Waals surface area contributed by atoms with Crippen molar-refractivity contribution in [3.05, 3.63) is 57.3 Å². The summed E-state index contributed by atoms with van der Waals surface area (Å²) in [7, 11) is 0. The number of hydrogen-bond acceptors (Lipinski definition) is 6. The van der Waals surface area contributed by atoms with Crippen LogP contribution in [0.3, 0.4) is 0 Å². The molecule has 8 heteroatoms. The Labute approximate surface area is 148 Å². The maximum Gasteiger partial charge on any atom is 0.260 e. The van der Waals surface area contributed by atoms with Crippen LogP contribution in [0, 0.1) is 0 Å². The van der Waals surface area contributed by atoms with Gasteiger partial charge in [0.1, 0.15) is 4.83 Å². The molecular weight excluding hydrogens is 362 g/mol. The summed E-state index contributed by atoms with van der Waals surface area (Å²) < 4.78 is 0. The normalized spacial score (nSPS) is 11.2. The number of aromatic amines is 2. The van der Waals surface area contributed by atoms with Gasteiger partial charge in [-0.05, 0) is 23.6 Å². The van der Waals surface area contributed by atoms with Crippen LogP contribution in [0.5, 0.6) is 0 Å². The second-order valence-corrected chi connectivity index (χ2v) is 7.74. The molecule has 0 aliphatic rings. The molecule has 5 nitrogen and oxygen atoms in total. The van der Waals surface area contributed by atoms with Gasteiger partial charge in [0.2, 0.25) is 0 Å². The minimum absolute atomic E-state index is 0.0294. The second-order valence-electron chi connectivity index (χ2n) is 4.97. The zero-order chi connectivity index (χ0) is 16.5. The summed E-state index contributed by atoms with van der Waals surface area (Å²) >= 11 is 4.27. The number of hydrogen-bond donors (Lipinski definition) is 2. The Morgan fingerprint density at radius 3 is 2.92 bits per heavy atom. The van der Waals surface area contributed by atoms with Crippen molar-refractivity contribution in [2.45, 2.75) is 5.16 Å². The first-order valence-corrected chi connectivity index (χ1v) is 9.81. The molecule has 0 radical (unpaired) electrons. The van der Waals surface area contributed by atoms with Gasteiger partial charge in [-0.25, -0.2) is 4.98 Å². The average molecular weight is 373 g/mol. The number of nitrogens with one attached hydrogen (secondary N) is 2. The molecule has 4 rings (SSSR count). The number of thioether (sulfide) groups is 1. The van der Waals surface area contributed by atoms with Crippen molar-refractivity contribution in [3.8, 4) is 10.4 Å². The first kappa shape index (κ1) is 15.4. The van der Waals surface area contributed by atoms with Gasteiger partial charge in [-0.2, -0.15) is 0 Å². The Morgan fingerprint density at radius 1 is 1.25 bits per heavy atom. The summed E-state index contributed by atoms with van der Waals surface area (Å²) in [5, 5.41) is 5.02. The van der Waals surface area contributed by atoms with Gasteiger partial charge in [0.15, 0.2) is 10.9 Å². The molecule has 4 aromatic heterocycles. The number of thiophene rings is 2. The quantitative estimate of drug-likeness (QED) is 0.315. The van der Waals surface area contributed by atoms with E-state index in [-0.39, 0.29) is 17.1 Å². The molecule has 2 N–H and O–H groups in total. The van der Waals surface area contributed by atoms with Crippen LogP contribution in [0.1, 0.15) is 10.5 Å². The third-order valence-electron chi connectivity index (χ3n) is 3.45. The largest absolute Gasteiger partial charge is 0.359 e. The van der Waals surface area contributed by atoms with Gasteiger partial charge in [0.05, 0.1) is 16.8 Å². The topological polar surface area (TPSA) is 78.6 Å². The van der Waals surface area contributed by atoms with E-state index in [4.69, 9.17) is 0 Å². The number of Topliss-reactive ketones (excluding diaryl/α,β-unsaturated/α-hetero) is 1. The molecule has 0 saturated heterocycles. The van der Waals surface area contributed by atoms with Crippen LogP contribution in [-0.4, -0.2) is 26.5 Å². The Balaban J connectivity index is 1.62. The zero-order valence-corrected chi connectivity index (χ0v) is 14.7. The smallest absolute Gasteiger partial charge is 0.260 e. The number of nitrogens with zero attached hydrogens (tertiary/aromatic N) is 1. The summed E-state index contributed by atoms with van der Waals surface area (Å²) in [6.45, 7) is 0. The zero-order valence-electron chi connectivity index (χ0n) is 12.2. The highest BCUT2D eigenvalue weighted by atomic mass is 32.2. The lowest BCUT2D eigenvalue weighted by Gasteiger charge is -2.01. The average Bonchev–Trinajstić information content (AvgIpc) is 3.31. The Morgan fingerprint density at radius 2 is 2.17 bits per heavy atom. The molecule has 0 amide bonds. The number of aromatic nitrogens is 3. The van der Waals surface area contributed by atoms with Crippen LogP contribution in [0.4, 0.5) is 0 Å². The van der Waals surface area contributed by atoms with E-state index < -0.39 is 0 Å². The molecule has 0 aliphatic heterocycles. The molecule has 120 valence electrons. The number of rotatable bonds is 5. The van der Waals surface area contributed by atoms with Crippen LogP contribution in [0.15, 0.2) is 51.2 Å². The molecule has 0 atom stereocenters. The summed E-state index contributed by atoms with van der Waals surface area (Å²) in [6, 6.07) is 7.46. The van der Waals surface area contributed by atoms with Gasteiger partial charge in [0.25, 0.3) is 5.56 Å². The van der Waals surface area contributed by atoms with Gasteiger partial charge >= 0.3 is 0 Å². The molecule has 0 aliphatic carbocycles. The second kappa shape index (κ2) is 6.39. The molecule has 0 unspecified atom stereocenters. The van der Waals surface area contributed by atoms with E-state index in [0.29, 0.717) is 21.1 Å². The maximum atomic E-state index is 12.5. The molecule has 0 saturated carbocycles. The SMILES string of the molecule is O=C(CSc1nc2scc(-c3cccs3)c2c(=O)[nH]1)c1ccc[nH]1. The van der Waals surface area contributed by atoms with Gasteiger partial charge in [-0.15, -0.1) is 22.7 Å². The van der Waals surface area contributed by atoms with Gasteiger partial charge in [0, 0.05) is 22.0 Å². The summed E-state index contributed by atoms with van der Waals surface area (Å²) in [4.78, 5) is 36.4. The first-order chi connectivity index (χ1) is 11.7. The summed E-state index contributed by atoms with van der Waals surface area (Å²) in [5.74, 6) is 0.191. The van der Waals surface area contributed by atoms with Crippen LogP contribution in [0.25, 0.3) is 20.7 Å². The summed E-state index contributed by atoms with van der Waals surface area (Å²) in [6.07, 6.45) is 1.71. The maximum absolute atomic E-state index is 12.5. The molecular formula is C16H11N3O2S3. The lowest BCUT2D eigenvalue weighted by Crippen LogP contribution is -2.10. The molecule has 0 spiro atoms. The monoisotopic (exact) mass is 373 g/mol. The lowest BCUT2D eigenvalue weighted by atomic mass is 10.2. The number of H-pyrrole nitrogens is 2. The minimum atomic E-state index is -0.167. The van der Waals surface area contributed by atoms with E-state index in [0.717, 1.165) is 10.4 Å². The van der Waals surface area contributed by atoms with Crippen molar-refractivity contribution < 1.29 is 4.79 Å². The van der Waals surface area contributed by atoms with Crippen molar-refractivity contribution in [3.63, 3.8) is 0 Å². The highest BCUT2D eigenvalue weighted by molar-refractivity contribution is 7.99. The number of ketones is 1. The third kappa shape index (κ3) is 2.83. The van der Waals surface area contributed by atoms with E-state index in [9.17, 15) is 9.59 Å². The van der Waals surface area contributed by atoms with Crippen molar-refractivity contribution >= 4 is 50.4 Å². The standard InChI is InChI=1S/C16H11N3O2S3/c20-11(10-3-1-5-17-10)8-24-16-18-14(21)13-9(7-23-15(13)19-16)12-4-2-6-22-12/h1-7,17H,8H2,(H,18,19,21). The number of carbonyl (C=O) groups excluding carboxylic acids is 1. The number of fused-ring (bicyclic) bond motifs is 1. The Bertz CT molecular complexity index is 1050. The molecule has 4 aromatic rings. The van der Waals surface area contributed by atoms with Crippen LogP contribution >= 0.6 is 34.4 Å². The van der Waals surface area contributed by atoms with Crippen LogP contribution in [0.2, 0.25) is 0 Å². The molecule has 24 heavy (non-hydrogen) atoms. The third-order valence-corrected chi connectivity index (χ3v) is 6.10. The van der Waals surface area contributed by atoms with Gasteiger partial charge in [-0.1, -0.05) is 17.8 Å².